The van der Waals surface area contributed by atoms with Gasteiger partial charge in [-0.1, -0.05) is 13.3 Å². The lowest BCUT2D eigenvalue weighted by molar-refractivity contribution is 0.138. The van der Waals surface area contributed by atoms with Crippen molar-refractivity contribution in [2.75, 3.05) is 39.8 Å². The van der Waals surface area contributed by atoms with Crippen LogP contribution in [0.5, 0.6) is 0 Å². The van der Waals surface area contributed by atoms with E-state index in [2.05, 4.69) is 29.1 Å². The maximum Gasteiger partial charge on any atom is 0.0104 e. The maximum absolute atomic E-state index is 3.67. The predicted molar refractivity (Wildman–Crippen MR) is 82.6 cm³/mol. The van der Waals surface area contributed by atoms with Gasteiger partial charge in [-0.2, -0.15) is 0 Å². The van der Waals surface area contributed by atoms with Crippen LogP contribution in [0.1, 0.15) is 51.9 Å². The van der Waals surface area contributed by atoms with Crippen molar-refractivity contribution in [1.82, 2.24) is 15.1 Å². The molecule has 3 heteroatoms. The van der Waals surface area contributed by atoms with E-state index in [1.54, 1.807) is 0 Å². The molecular formula is C16H33N3. The molecule has 1 N–H and O–H groups in total. The van der Waals surface area contributed by atoms with E-state index < -0.39 is 0 Å². The normalized spacial score (nSPS) is 27.8. The predicted octanol–water partition coefficient (Wildman–Crippen LogP) is 2.32. The van der Waals surface area contributed by atoms with Gasteiger partial charge in [-0.05, 0) is 78.3 Å². The van der Waals surface area contributed by atoms with Crippen molar-refractivity contribution in [3.05, 3.63) is 0 Å². The van der Waals surface area contributed by atoms with Crippen LogP contribution in [0, 0.1) is 0 Å². The first-order valence-electron chi connectivity index (χ1n) is 8.45. The van der Waals surface area contributed by atoms with E-state index in [4.69, 9.17) is 0 Å². The lowest BCUT2D eigenvalue weighted by atomic mass is 9.99. The summed E-state index contributed by atoms with van der Waals surface area (Å²) in [5.41, 5.74) is 0. The number of hydrogen-bond acceptors (Lipinski definition) is 3. The Morgan fingerprint density at radius 1 is 1.05 bits per heavy atom. The molecule has 2 fully saturated rings. The molecule has 0 amide bonds. The quantitative estimate of drug-likeness (QED) is 0.797. The Morgan fingerprint density at radius 3 is 2.53 bits per heavy atom. The molecule has 2 rings (SSSR count). The Balaban J connectivity index is 1.60. The second-order valence-electron chi connectivity index (χ2n) is 6.49. The van der Waals surface area contributed by atoms with Crippen LogP contribution in [0.25, 0.3) is 0 Å². The molecule has 0 bridgehead atoms. The molecule has 19 heavy (non-hydrogen) atoms. The van der Waals surface area contributed by atoms with Crippen LogP contribution in [0.2, 0.25) is 0 Å². The summed E-state index contributed by atoms with van der Waals surface area (Å²) in [6.45, 7) is 8.68. The maximum atomic E-state index is 3.67. The van der Waals surface area contributed by atoms with E-state index in [9.17, 15) is 0 Å². The fourth-order valence-electron chi connectivity index (χ4n) is 3.55. The summed E-state index contributed by atoms with van der Waals surface area (Å²) < 4.78 is 0. The Bertz CT molecular complexity index is 236. The van der Waals surface area contributed by atoms with E-state index in [1.807, 2.05) is 0 Å². The van der Waals surface area contributed by atoms with Crippen molar-refractivity contribution in [1.29, 1.82) is 0 Å². The molecule has 0 aromatic rings. The Kier molecular flexibility index (Phi) is 6.62. The summed E-state index contributed by atoms with van der Waals surface area (Å²) >= 11 is 0. The molecule has 2 aliphatic rings. The zero-order valence-electron chi connectivity index (χ0n) is 13.0. The SMILES string of the molecule is CCCNC1CCN(CCC2CCCCN2C)CC1. The largest absolute Gasteiger partial charge is 0.314 e. The molecule has 112 valence electrons. The highest BCUT2D eigenvalue weighted by Gasteiger charge is 2.22. The van der Waals surface area contributed by atoms with E-state index >= 15 is 0 Å². The van der Waals surface area contributed by atoms with Gasteiger partial charge in [0.05, 0.1) is 0 Å². The van der Waals surface area contributed by atoms with Gasteiger partial charge < -0.3 is 15.1 Å². The van der Waals surface area contributed by atoms with E-state index in [-0.39, 0.29) is 0 Å². The Hall–Kier alpha value is -0.120. The van der Waals surface area contributed by atoms with Crippen molar-refractivity contribution in [3.8, 4) is 0 Å². The number of nitrogens with one attached hydrogen (secondary N) is 1. The first-order valence-corrected chi connectivity index (χ1v) is 8.45. The third kappa shape index (κ3) is 5.05. The van der Waals surface area contributed by atoms with Crippen LogP contribution < -0.4 is 5.32 Å². The molecule has 1 atom stereocenters. The fraction of sp³-hybridized carbons (Fsp3) is 1.00. The number of likely N-dealkylation sites (tertiary alicyclic amines) is 2. The van der Waals surface area contributed by atoms with Gasteiger partial charge in [-0.3, -0.25) is 0 Å². The molecule has 0 aliphatic carbocycles. The first-order chi connectivity index (χ1) is 9.29. The van der Waals surface area contributed by atoms with Gasteiger partial charge in [0.15, 0.2) is 0 Å². The van der Waals surface area contributed by atoms with Crippen molar-refractivity contribution in [2.45, 2.75) is 64.0 Å². The molecule has 2 heterocycles. The van der Waals surface area contributed by atoms with E-state index in [1.165, 1.54) is 77.7 Å². The summed E-state index contributed by atoms with van der Waals surface area (Å²) in [5.74, 6) is 0. The topological polar surface area (TPSA) is 18.5 Å². The summed E-state index contributed by atoms with van der Waals surface area (Å²) in [7, 11) is 2.31. The Morgan fingerprint density at radius 2 is 1.84 bits per heavy atom. The van der Waals surface area contributed by atoms with Gasteiger partial charge >= 0.3 is 0 Å². The minimum atomic E-state index is 0.786. The van der Waals surface area contributed by atoms with E-state index in [0.29, 0.717) is 0 Å². The zero-order chi connectivity index (χ0) is 13.5. The molecule has 0 saturated carbocycles. The summed E-state index contributed by atoms with van der Waals surface area (Å²) in [6, 6.07) is 1.64. The lowest BCUT2D eigenvalue weighted by Gasteiger charge is -2.36. The summed E-state index contributed by atoms with van der Waals surface area (Å²) in [6.07, 6.45) is 9.60. The number of hydrogen-bond donors (Lipinski definition) is 1. The monoisotopic (exact) mass is 267 g/mol. The van der Waals surface area contributed by atoms with Gasteiger partial charge in [0.2, 0.25) is 0 Å². The molecule has 2 aliphatic heterocycles. The third-order valence-electron chi connectivity index (χ3n) is 4.97. The third-order valence-corrected chi connectivity index (χ3v) is 4.97. The second-order valence-corrected chi connectivity index (χ2v) is 6.49. The number of rotatable bonds is 6. The fourth-order valence-corrected chi connectivity index (χ4v) is 3.55. The van der Waals surface area contributed by atoms with Gasteiger partial charge in [0.25, 0.3) is 0 Å². The highest BCUT2D eigenvalue weighted by molar-refractivity contribution is 4.80. The molecule has 0 radical (unpaired) electrons. The molecule has 0 spiro atoms. The molecule has 0 aromatic carbocycles. The first kappa shape index (κ1) is 15.3. The smallest absolute Gasteiger partial charge is 0.0104 e. The van der Waals surface area contributed by atoms with Crippen LogP contribution in [0.3, 0.4) is 0 Å². The van der Waals surface area contributed by atoms with Crippen molar-refractivity contribution >= 4 is 0 Å². The highest BCUT2D eigenvalue weighted by atomic mass is 15.2. The van der Waals surface area contributed by atoms with Crippen LogP contribution in [0.15, 0.2) is 0 Å². The average Bonchev–Trinajstić information content (AvgIpc) is 2.45. The zero-order valence-corrected chi connectivity index (χ0v) is 13.0. The van der Waals surface area contributed by atoms with Gasteiger partial charge in [0.1, 0.15) is 0 Å². The average molecular weight is 267 g/mol. The van der Waals surface area contributed by atoms with Crippen LogP contribution in [-0.4, -0.2) is 61.7 Å². The van der Waals surface area contributed by atoms with Crippen molar-refractivity contribution in [2.24, 2.45) is 0 Å². The summed E-state index contributed by atoms with van der Waals surface area (Å²) in [4.78, 5) is 5.27. The van der Waals surface area contributed by atoms with Gasteiger partial charge in [-0.25, -0.2) is 0 Å². The van der Waals surface area contributed by atoms with Crippen LogP contribution in [0.4, 0.5) is 0 Å². The second kappa shape index (κ2) is 8.23. The van der Waals surface area contributed by atoms with Gasteiger partial charge in [-0.15, -0.1) is 0 Å². The van der Waals surface area contributed by atoms with Crippen molar-refractivity contribution in [3.63, 3.8) is 0 Å². The molecule has 2 saturated heterocycles. The Labute approximate surface area is 119 Å². The molecule has 3 nitrogen and oxygen atoms in total. The molecule has 1 unspecified atom stereocenters. The van der Waals surface area contributed by atoms with E-state index in [0.717, 1.165) is 12.1 Å². The standard InChI is InChI=1S/C16H33N3/c1-3-10-17-15-7-12-19(13-8-15)14-9-16-6-4-5-11-18(16)2/h15-17H,3-14H2,1-2H3. The van der Waals surface area contributed by atoms with Gasteiger partial charge in [0, 0.05) is 12.1 Å². The lowest BCUT2D eigenvalue weighted by Crippen LogP contribution is -2.44. The number of nitrogens with zero attached hydrogens (tertiary/aromatic N) is 2. The van der Waals surface area contributed by atoms with Crippen LogP contribution in [-0.2, 0) is 0 Å². The highest BCUT2D eigenvalue weighted by Crippen LogP contribution is 2.19. The molecule has 0 aromatic heterocycles. The minimum absolute atomic E-state index is 0.786. The van der Waals surface area contributed by atoms with Crippen LogP contribution >= 0.6 is 0 Å². The summed E-state index contributed by atoms with van der Waals surface area (Å²) in [5, 5.41) is 3.67. The molecular weight excluding hydrogens is 234 g/mol. The minimum Gasteiger partial charge on any atom is -0.314 e. The number of piperidine rings is 2. The van der Waals surface area contributed by atoms with Crippen molar-refractivity contribution < 1.29 is 0 Å².